The van der Waals surface area contributed by atoms with Crippen molar-refractivity contribution in [2.75, 3.05) is 102 Å². The highest BCUT2D eigenvalue weighted by Crippen LogP contribution is 2.54. The lowest BCUT2D eigenvalue weighted by molar-refractivity contribution is -0.0226. The molecule has 0 fully saturated rings. The van der Waals surface area contributed by atoms with Crippen LogP contribution in [0.25, 0.3) is 0 Å². The van der Waals surface area contributed by atoms with Crippen LogP contribution in [0, 0.1) is 0 Å². The maximum atomic E-state index is 12.4. The molecule has 2 atom stereocenters. The Morgan fingerprint density at radius 1 is 0.522 bits per heavy atom. The van der Waals surface area contributed by atoms with Gasteiger partial charge in [0.1, 0.15) is 28.6 Å². The van der Waals surface area contributed by atoms with Crippen molar-refractivity contribution in [1.82, 2.24) is 15.5 Å². The van der Waals surface area contributed by atoms with Gasteiger partial charge in [-0.25, -0.2) is 0 Å². The van der Waals surface area contributed by atoms with Gasteiger partial charge in [-0.3, -0.25) is 10.2 Å². The molecule has 9 rings (SSSR count). The molecular weight excluding hydrogens is 859 g/mol. The molecule has 0 aliphatic carbocycles. The van der Waals surface area contributed by atoms with Crippen LogP contribution in [0.3, 0.4) is 0 Å². The maximum absolute atomic E-state index is 12.4. The lowest BCUT2D eigenvalue weighted by Gasteiger charge is -2.50. The van der Waals surface area contributed by atoms with E-state index < -0.39 is 34.1 Å². The Balaban J connectivity index is 0.982. The van der Waals surface area contributed by atoms with Crippen LogP contribution in [0.2, 0.25) is 26.2 Å². The third kappa shape index (κ3) is 7.63. The zero-order valence-corrected chi connectivity index (χ0v) is 43.7. The Hall–Kier alpha value is -5.25. The lowest BCUT2D eigenvalue weighted by Crippen LogP contribution is -2.66. The number of rotatable bonds is 13. The Morgan fingerprint density at radius 2 is 0.970 bits per heavy atom. The predicted molar refractivity (Wildman–Crippen MR) is 288 cm³/mol. The molecule has 3 aliphatic heterocycles. The van der Waals surface area contributed by atoms with Gasteiger partial charge in [-0.2, -0.15) is 0 Å². The summed E-state index contributed by atoms with van der Waals surface area (Å²) in [6.45, 7) is 12.4. The van der Waals surface area contributed by atoms with E-state index in [2.05, 4.69) is 233 Å². The first-order chi connectivity index (χ1) is 31.9. The van der Waals surface area contributed by atoms with Gasteiger partial charge in [-0.05, 0) is 108 Å². The van der Waals surface area contributed by atoms with Crippen molar-refractivity contribution >= 4 is 59.6 Å². The van der Waals surface area contributed by atoms with E-state index in [1.54, 1.807) is 0 Å². The van der Waals surface area contributed by atoms with Crippen molar-refractivity contribution in [2.24, 2.45) is 0 Å². The SMILES string of the molecule is CN(C)c1ccc2c(c1)[Si](C)(C)c1cc(N(C)C)ccc1C2c1ccccc1C(O)NCCNCCN1C(O)c2ccccc2C12c1ccc(N(C)C)cc1[Si](C)(C)c1cc(N(C)C)ccc12. The number of hydrogen-bond acceptors (Lipinski definition) is 9. The Bertz CT molecular complexity index is 2700. The number of aliphatic hydroxyl groups excluding tert-OH is 2. The summed E-state index contributed by atoms with van der Waals surface area (Å²) in [5.74, 6) is -0.0145. The number of anilines is 4. The second-order valence-electron chi connectivity index (χ2n) is 20.9. The summed E-state index contributed by atoms with van der Waals surface area (Å²) >= 11 is 0. The second-order valence-corrected chi connectivity index (χ2v) is 29.5. The van der Waals surface area contributed by atoms with E-state index in [-0.39, 0.29) is 5.92 Å². The fourth-order valence-corrected chi connectivity index (χ4v) is 18.0. The van der Waals surface area contributed by atoms with E-state index in [0.717, 1.165) is 22.3 Å². The Kier molecular flexibility index (Phi) is 12.4. The fourth-order valence-electron chi connectivity index (χ4n) is 11.7. The average molecular weight is 930 g/mol. The smallest absolute Gasteiger partial charge is 0.135 e. The van der Waals surface area contributed by atoms with Crippen LogP contribution in [0.1, 0.15) is 62.9 Å². The van der Waals surface area contributed by atoms with Gasteiger partial charge in [0, 0.05) is 117 Å². The Labute approximate surface area is 401 Å². The largest absolute Gasteiger partial charge is 0.378 e. The molecule has 0 saturated carbocycles. The molecule has 0 bridgehead atoms. The number of hydrogen-bond donors (Lipinski definition) is 4. The van der Waals surface area contributed by atoms with Crippen molar-refractivity contribution in [2.45, 2.75) is 50.1 Å². The third-order valence-corrected chi connectivity index (χ3v) is 22.4. The molecule has 11 heteroatoms. The summed E-state index contributed by atoms with van der Waals surface area (Å²) in [4.78, 5) is 11.1. The van der Waals surface area contributed by atoms with Gasteiger partial charge >= 0.3 is 0 Å². The highest BCUT2D eigenvalue weighted by molar-refractivity contribution is 7.02. The minimum absolute atomic E-state index is 0.0145. The highest BCUT2D eigenvalue weighted by Gasteiger charge is 2.58. The molecule has 6 aromatic carbocycles. The normalized spacial score (nSPS) is 17.8. The molecule has 1 spiro atoms. The molecule has 0 aromatic heterocycles. The molecule has 4 N–H and O–H groups in total. The summed E-state index contributed by atoms with van der Waals surface area (Å²) in [6.07, 6.45) is -1.65. The van der Waals surface area contributed by atoms with Crippen molar-refractivity contribution in [1.29, 1.82) is 0 Å². The van der Waals surface area contributed by atoms with E-state index >= 15 is 0 Å². The highest BCUT2D eigenvalue weighted by atomic mass is 28.3. The molecule has 67 heavy (non-hydrogen) atoms. The first kappa shape index (κ1) is 46.8. The van der Waals surface area contributed by atoms with Gasteiger partial charge in [0.2, 0.25) is 0 Å². The lowest BCUT2D eigenvalue weighted by atomic mass is 9.76. The number of aliphatic hydroxyl groups is 2. The zero-order chi connectivity index (χ0) is 47.7. The van der Waals surface area contributed by atoms with Crippen LogP contribution in [0.15, 0.2) is 121 Å². The monoisotopic (exact) mass is 930 g/mol. The molecule has 0 radical (unpaired) electrons. The van der Waals surface area contributed by atoms with E-state index in [4.69, 9.17) is 0 Å². The standard InChI is InChI=1S/C56H71N7O2Si2/c1-59(2)37-21-25-44-49(33-37)66(9,10)50-34-38(60(3)4)22-26-45(50)53(44)41-17-13-14-18-42(41)54(64)58-30-29-57-31-32-63-55(65)43-19-15-16-20-46(43)56(63)47-27-23-39(61(5)6)35-51(47)67(11,12)52-36-40(62(7)8)24-28-48(52)56/h13-28,33-36,53-55,57-58,64-65H,29-32H2,1-12H3. The summed E-state index contributed by atoms with van der Waals surface area (Å²) in [6, 6.07) is 45.0. The van der Waals surface area contributed by atoms with E-state index in [0.29, 0.717) is 26.2 Å². The minimum atomic E-state index is -2.22. The molecule has 2 unspecified atom stereocenters. The van der Waals surface area contributed by atoms with Gasteiger partial charge in [0.15, 0.2) is 0 Å². The zero-order valence-electron chi connectivity index (χ0n) is 41.7. The predicted octanol–water partition coefficient (Wildman–Crippen LogP) is 5.87. The van der Waals surface area contributed by atoms with Crippen molar-refractivity contribution in [3.8, 4) is 0 Å². The van der Waals surface area contributed by atoms with Gasteiger partial charge in [-0.15, -0.1) is 0 Å². The molecule has 6 aromatic rings. The topological polar surface area (TPSA) is 80.7 Å². The molecule has 3 heterocycles. The molecular formula is C56H71N7O2Si2. The van der Waals surface area contributed by atoms with Crippen LogP contribution < -0.4 is 51.0 Å². The quantitative estimate of drug-likeness (QED) is 0.0647. The summed E-state index contributed by atoms with van der Waals surface area (Å²) in [5.41, 5.74) is 13.5. The molecule has 0 saturated heterocycles. The van der Waals surface area contributed by atoms with Crippen molar-refractivity contribution in [3.05, 3.63) is 166 Å². The number of fused-ring (bicyclic) bond motifs is 8. The molecule has 0 amide bonds. The van der Waals surface area contributed by atoms with E-state index in [9.17, 15) is 10.2 Å². The first-order valence-corrected chi connectivity index (χ1v) is 29.9. The number of nitrogens with one attached hydrogen (secondary N) is 2. The van der Waals surface area contributed by atoms with Gasteiger partial charge in [0.05, 0.1) is 5.54 Å². The van der Waals surface area contributed by atoms with Crippen LogP contribution in [-0.2, 0) is 5.54 Å². The van der Waals surface area contributed by atoms with Crippen LogP contribution in [0.5, 0.6) is 0 Å². The molecule has 350 valence electrons. The van der Waals surface area contributed by atoms with Crippen molar-refractivity contribution in [3.63, 3.8) is 0 Å². The molecule has 3 aliphatic rings. The second kappa shape index (κ2) is 17.7. The maximum Gasteiger partial charge on any atom is 0.135 e. The number of nitrogens with zero attached hydrogens (tertiary/aromatic N) is 5. The summed E-state index contributed by atoms with van der Waals surface area (Å²) < 4.78 is 0. The van der Waals surface area contributed by atoms with Crippen molar-refractivity contribution < 1.29 is 10.2 Å². The average Bonchev–Trinajstić information content (AvgIpc) is 3.56. The fraction of sp³-hybridized carbons (Fsp3) is 0.357. The van der Waals surface area contributed by atoms with Gasteiger partial charge < -0.3 is 35.1 Å². The van der Waals surface area contributed by atoms with E-state index in [1.165, 1.54) is 65.8 Å². The summed E-state index contributed by atoms with van der Waals surface area (Å²) in [5, 5.41) is 37.4. The van der Waals surface area contributed by atoms with Crippen LogP contribution >= 0.6 is 0 Å². The van der Waals surface area contributed by atoms with Crippen LogP contribution in [-0.4, -0.2) is 114 Å². The first-order valence-electron chi connectivity index (χ1n) is 23.9. The number of benzene rings is 6. The third-order valence-electron chi connectivity index (χ3n) is 15.4. The summed E-state index contributed by atoms with van der Waals surface area (Å²) in [7, 11) is 12.6. The minimum Gasteiger partial charge on any atom is -0.378 e. The van der Waals surface area contributed by atoms with Crippen LogP contribution in [0.4, 0.5) is 22.7 Å². The van der Waals surface area contributed by atoms with Gasteiger partial charge in [-0.1, -0.05) is 99.0 Å². The molecule has 9 nitrogen and oxygen atoms in total. The van der Waals surface area contributed by atoms with Gasteiger partial charge in [0.25, 0.3) is 0 Å². The van der Waals surface area contributed by atoms with E-state index in [1.807, 2.05) is 6.07 Å². The Morgan fingerprint density at radius 3 is 1.49 bits per heavy atom.